The van der Waals surface area contributed by atoms with E-state index in [-0.39, 0.29) is 10.6 Å². The number of nitro groups is 1. The van der Waals surface area contributed by atoms with E-state index in [1.165, 1.54) is 25.9 Å². The maximum absolute atomic E-state index is 11.1. The van der Waals surface area contributed by atoms with Crippen LogP contribution in [0.25, 0.3) is 0 Å². The van der Waals surface area contributed by atoms with Crippen LogP contribution in [-0.4, -0.2) is 36.0 Å². The number of nitrogens with one attached hydrogen (secondary N) is 1. The molecule has 1 aromatic rings. The summed E-state index contributed by atoms with van der Waals surface area (Å²) >= 11 is 0. The Morgan fingerprint density at radius 2 is 2.10 bits per heavy atom. The van der Waals surface area contributed by atoms with Crippen molar-refractivity contribution in [2.24, 2.45) is 5.92 Å². The zero-order valence-electron chi connectivity index (χ0n) is 13.0. The van der Waals surface area contributed by atoms with E-state index >= 15 is 0 Å². The average molecular weight is 291 g/mol. The van der Waals surface area contributed by atoms with E-state index in [4.69, 9.17) is 0 Å². The molecule has 5 heteroatoms. The highest BCUT2D eigenvalue weighted by Gasteiger charge is 2.18. The van der Waals surface area contributed by atoms with Gasteiger partial charge in [0.25, 0.3) is 5.69 Å². The first-order chi connectivity index (χ1) is 10.1. The first kappa shape index (κ1) is 15.8. The van der Waals surface area contributed by atoms with Crippen LogP contribution in [0.2, 0.25) is 0 Å². The van der Waals surface area contributed by atoms with Crippen molar-refractivity contribution >= 4 is 11.4 Å². The molecule has 1 heterocycles. The fourth-order valence-corrected chi connectivity index (χ4v) is 2.94. The standard InChI is InChI=1S/C16H25N3O2/c1-3-18-10-7-14(8-11-18)6-9-17-15-5-4-13(2)12-16(15)19(20)21/h4-5,12,14,17H,3,6-11H2,1-2H3. The van der Waals surface area contributed by atoms with Gasteiger partial charge in [-0.2, -0.15) is 0 Å². The molecule has 2 rings (SSSR count). The molecule has 0 aromatic heterocycles. The van der Waals surface area contributed by atoms with Crippen molar-refractivity contribution in [3.8, 4) is 0 Å². The lowest BCUT2D eigenvalue weighted by atomic mass is 9.93. The maximum atomic E-state index is 11.1. The molecule has 5 nitrogen and oxygen atoms in total. The van der Waals surface area contributed by atoms with Gasteiger partial charge in [0.05, 0.1) is 4.92 Å². The largest absolute Gasteiger partial charge is 0.379 e. The molecule has 21 heavy (non-hydrogen) atoms. The summed E-state index contributed by atoms with van der Waals surface area (Å²) in [6, 6.07) is 5.35. The lowest BCUT2D eigenvalue weighted by Crippen LogP contribution is -2.33. The fourth-order valence-electron chi connectivity index (χ4n) is 2.94. The molecule has 1 fully saturated rings. The Morgan fingerprint density at radius 1 is 1.38 bits per heavy atom. The molecule has 1 saturated heterocycles. The second kappa shape index (κ2) is 7.41. The minimum atomic E-state index is -0.310. The number of hydrogen-bond donors (Lipinski definition) is 1. The second-order valence-electron chi connectivity index (χ2n) is 5.87. The van der Waals surface area contributed by atoms with Crippen LogP contribution in [-0.2, 0) is 0 Å². The van der Waals surface area contributed by atoms with Gasteiger partial charge in [0.1, 0.15) is 5.69 Å². The summed E-state index contributed by atoms with van der Waals surface area (Å²) in [7, 11) is 0. The lowest BCUT2D eigenvalue weighted by Gasteiger charge is -2.31. The number of nitro benzene ring substituents is 1. The molecule has 1 aliphatic rings. The number of rotatable bonds is 6. The van der Waals surface area contributed by atoms with Crippen LogP contribution >= 0.6 is 0 Å². The van der Waals surface area contributed by atoms with Gasteiger partial charge in [-0.15, -0.1) is 0 Å². The summed E-state index contributed by atoms with van der Waals surface area (Å²) < 4.78 is 0. The summed E-state index contributed by atoms with van der Waals surface area (Å²) in [5.41, 5.74) is 1.73. The summed E-state index contributed by atoms with van der Waals surface area (Å²) in [6.45, 7) is 8.40. The van der Waals surface area contributed by atoms with E-state index in [0.717, 1.165) is 31.0 Å². The third kappa shape index (κ3) is 4.43. The number of anilines is 1. The highest BCUT2D eigenvalue weighted by molar-refractivity contribution is 5.62. The molecule has 0 spiro atoms. The summed E-state index contributed by atoms with van der Waals surface area (Å²) in [5, 5.41) is 14.3. The molecule has 1 aromatic carbocycles. The summed E-state index contributed by atoms with van der Waals surface area (Å²) in [6.07, 6.45) is 3.57. The van der Waals surface area contributed by atoms with Gasteiger partial charge in [-0.05, 0) is 63.4 Å². The smallest absolute Gasteiger partial charge is 0.292 e. The molecular weight excluding hydrogens is 266 g/mol. The van der Waals surface area contributed by atoms with Crippen LogP contribution in [0, 0.1) is 23.0 Å². The van der Waals surface area contributed by atoms with E-state index < -0.39 is 0 Å². The predicted molar refractivity (Wildman–Crippen MR) is 85.8 cm³/mol. The van der Waals surface area contributed by atoms with Crippen molar-refractivity contribution in [2.45, 2.75) is 33.1 Å². The first-order valence-corrected chi connectivity index (χ1v) is 7.81. The van der Waals surface area contributed by atoms with Gasteiger partial charge in [-0.3, -0.25) is 10.1 Å². The molecule has 0 amide bonds. The van der Waals surface area contributed by atoms with Crippen molar-refractivity contribution in [2.75, 3.05) is 31.5 Å². The normalized spacial score (nSPS) is 16.9. The Kier molecular flexibility index (Phi) is 5.56. The predicted octanol–water partition coefficient (Wildman–Crippen LogP) is 3.44. The van der Waals surface area contributed by atoms with E-state index in [9.17, 15) is 10.1 Å². The number of nitrogens with zero attached hydrogens (tertiary/aromatic N) is 2. The van der Waals surface area contributed by atoms with E-state index in [2.05, 4.69) is 17.1 Å². The van der Waals surface area contributed by atoms with Crippen molar-refractivity contribution in [3.05, 3.63) is 33.9 Å². The molecule has 0 atom stereocenters. The van der Waals surface area contributed by atoms with Crippen molar-refractivity contribution in [1.82, 2.24) is 4.90 Å². The van der Waals surface area contributed by atoms with Gasteiger partial charge in [0.2, 0.25) is 0 Å². The third-order valence-electron chi connectivity index (χ3n) is 4.37. The highest BCUT2D eigenvalue weighted by atomic mass is 16.6. The monoisotopic (exact) mass is 291 g/mol. The Morgan fingerprint density at radius 3 is 2.71 bits per heavy atom. The molecule has 1 aliphatic heterocycles. The van der Waals surface area contributed by atoms with Gasteiger partial charge in [-0.1, -0.05) is 13.0 Å². The van der Waals surface area contributed by atoms with Crippen LogP contribution in [0.15, 0.2) is 18.2 Å². The molecule has 0 bridgehead atoms. The van der Waals surface area contributed by atoms with Crippen molar-refractivity contribution in [1.29, 1.82) is 0 Å². The Bertz CT molecular complexity index is 482. The average Bonchev–Trinajstić information content (AvgIpc) is 2.49. The Labute approximate surface area is 126 Å². The molecule has 0 radical (unpaired) electrons. The zero-order chi connectivity index (χ0) is 15.2. The van der Waals surface area contributed by atoms with Crippen LogP contribution < -0.4 is 5.32 Å². The minimum Gasteiger partial charge on any atom is -0.379 e. The quantitative estimate of drug-likeness (QED) is 0.644. The Balaban J connectivity index is 1.83. The van der Waals surface area contributed by atoms with E-state index in [1.807, 2.05) is 19.1 Å². The molecular formula is C16H25N3O2. The molecule has 0 unspecified atom stereocenters. The van der Waals surface area contributed by atoms with Crippen molar-refractivity contribution in [3.63, 3.8) is 0 Å². The number of piperidine rings is 1. The minimum absolute atomic E-state index is 0.177. The van der Waals surface area contributed by atoms with Gasteiger partial charge in [0, 0.05) is 12.6 Å². The number of likely N-dealkylation sites (tertiary alicyclic amines) is 1. The van der Waals surface area contributed by atoms with Crippen molar-refractivity contribution < 1.29 is 4.92 Å². The van der Waals surface area contributed by atoms with Gasteiger partial charge >= 0.3 is 0 Å². The SMILES string of the molecule is CCN1CCC(CCNc2ccc(C)cc2[N+](=O)[O-])CC1. The second-order valence-corrected chi connectivity index (χ2v) is 5.87. The molecule has 0 aliphatic carbocycles. The third-order valence-corrected chi connectivity index (χ3v) is 4.37. The summed E-state index contributed by atoms with van der Waals surface area (Å²) in [5.74, 6) is 0.741. The number of hydrogen-bond acceptors (Lipinski definition) is 4. The highest BCUT2D eigenvalue weighted by Crippen LogP contribution is 2.26. The Hall–Kier alpha value is -1.62. The van der Waals surface area contributed by atoms with Crippen LogP contribution in [0.4, 0.5) is 11.4 Å². The van der Waals surface area contributed by atoms with E-state index in [0.29, 0.717) is 5.69 Å². The number of aryl methyl sites for hydroxylation is 1. The molecule has 0 saturated carbocycles. The van der Waals surface area contributed by atoms with Gasteiger partial charge in [0.15, 0.2) is 0 Å². The van der Waals surface area contributed by atoms with E-state index in [1.54, 1.807) is 6.07 Å². The fraction of sp³-hybridized carbons (Fsp3) is 0.625. The number of benzene rings is 1. The lowest BCUT2D eigenvalue weighted by molar-refractivity contribution is -0.384. The van der Waals surface area contributed by atoms with Gasteiger partial charge < -0.3 is 10.2 Å². The summed E-state index contributed by atoms with van der Waals surface area (Å²) in [4.78, 5) is 13.2. The first-order valence-electron chi connectivity index (χ1n) is 7.81. The topological polar surface area (TPSA) is 58.4 Å². The molecule has 1 N–H and O–H groups in total. The zero-order valence-corrected chi connectivity index (χ0v) is 13.0. The maximum Gasteiger partial charge on any atom is 0.292 e. The van der Waals surface area contributed by atoms with Crippen LogP contribution in [0.1, 0.15) is 31.7 Å². The molecule has 116 valence electrons. The van der Waals surface area contributed by atoms with Crippen LogP contribution in [0.3, 0.4) is 0 Å². The van der Waals surface area contributed by atoms with Gasteiger partial charge in [-0.25, -0.2) is 0 Å². The van der Waals surface area contributed by atoms with Crippen LogP contribution in [0.5, 0.6) is 0 Å².